The molecule has 0 aliphatic carbocycles. The van der Waals surface area contributed by atoms with Gasteiger partial charge in [0.1, 0.15) is 12.7 Å². The highest BCUT2D eigenvalue weighted by atomic mass is 16.5. The maximum atomic E-state index is 12.9. The first-order valence-electron chi connectivity index (χ1n) is 11.4. The molecule has 3 rings (SSSR count). The van der Waals surface area contributed by atoms with Crippen LogP contribution in [-0.2, 0) is 0 Å². The Morgan fingerprint density at radius 2 is 1.68 bits per heavy atom. The molecule has 3 aromatic rings. The topological polar surface area (TPSA) is 82.0 Å². The summed E-state index contributed by atoms with van der Waals surface area (Å²) >= 11 is 0. The SMILES string of the molecule is COc1cccc(OC)c1OCC(O)CNC(=O)c1cc(C)n(-c2cccc(C(C)C)c2)c1C. The van der Waals surface area contributed by atoms with Crippen molar-refractivity contribution in [1.82, 2.24) is 9.88 Å². The fraction of sp³-hybridized carbons (Fsp3) is 0.370. The molecule has 2 aromatic carbocycles. The van der Waals surface area contributed by atoms with E-state index in [9.17, 15) is 9.90 Å². The standard InChI is InChI=1S/C27H34N2O5/c1-17(2)20-9-7-10-21(14-20)29-18(3)13-23(19(29)4)27(31)28-15-22(30)16-34-26-24(32-5)11-8-12-25(26)33-6/h7-14,17,22,30H,15-16H2,1-6H3,(H,28,31). The quantitative estimate of drug-likeness (QED) is 0.463. The van der Waals surface area contributed by atoms with Gasteiger partial charge in [0.2, 0.25) is 5.75 Å². The Kier molecular flexibility index (Phi) is 8.23. The van der Waals surface area contributed by atoms with Gasteiger partial charge in [-0.1, -0.05) is 32.0 Å². The number of aromatic nitrogens is 1. The Labute approximate surface area is 201 Å². The molecule has 7 nitrogen and oxygen atoms in total. The van der Waals surface area contributed by atoms with Gasteiger partial charge in [-0.25, -0.2) is 0 Å². The number of nitrogens with one attached hydrogen (secondary N) is 1. The molecule has 1 amide bonds. The van der Waals surface area contributed by atoms with Crippen molar-refractivity contribution >= 4 is 5.91 Å². The first-order chi connectivity index (χ1) is 16.3. The van der Waals surface area contributed by atoms with Crippen molar-refractivity contribution in [1.29, 1.82) is 0 Å². The fourth-order valence-electron chi connectivity index (χ4n) is 3.92. The van der Waals surface area contributed by atoms with E-state index in [1.165, 1.54) is 19.8 Å². The molecule has 0 aliphatic heterocycles. The highest BCUT2D eigenvalue weighted by Gasteiger charge is 2.19. The van der Waals surface area contributed by atoms with Crippen molar-refractivity contribution in [3.63, 3.8) is 0 Å². The minimum Gasteiger partial charge on any atom is -0.493 e. The number of aryl methyl sites for hydroxylation is 1. The average molecular weight is 467 g/mol. The molecule has 0 aliphatic rings. The van der Waals surface area contributed by atoms with Gasteiger partial charge >= 0.3 is 0 Å². The van der Waals surface area contributed by atoms with Crippen LogP contribution in [-0.4, -0.2) is 49.1 Å². The van der Waals surface area contributed by atoms with Crippen LogP contribution in [0.4, 0.5) is 0 Å². The Hall–Kier alpha value is -3.45. The van der Waals surface area contributed by atoms with E-state index in [-0.39, 0.29) is 19.1 Å². The van der Waals surface area contributed by atoms with Gasteiger partial charge in [-0.15, -0.1) is 0 Å². The third-order valence-electron chi connectivity index (χ3n) is 5.77. The highest BCUT2D eigenvalue weighted by molar-refractivity contribution is 5.96. The van der Waals surface area contributed by atoms with E-state index in [0.717, 1.165) is 17.1 Å². The van der Waals surface area contributed by atoms with Crippen LogP contribution in [0.1, 0.15) is 47.1 Å². The van der Waals surface area contributed by atoms with E-state index < -0.39 is 6.10 Å². The summed E-state index contributed by atoms with van der Waals surface area (Å²) < 4.78 is 18.4. The molecule has 1 unspecified atom stereocenters. The lowest BCUT2D eigenvalue weighted by atomic mass is 10.0. The minimum atomic E-state index is -0.912. The number of aliphatic hydroxyl groups is 1. The molecule has 7 heteroatoms. The van der Waals surface area contributed by atoms with Crippen LogP contribution in [0.5, 0.6) is 17.2 Å². The van der Waals surface area contributed by atoms with E-state index in [0.29, 0.717) is 28.7 Å². The summed E-state index contributed by atoms with van der Waals surface area (Å²) in [6.07, 6.45) is -0.912. The normalized spacial score (nSPS) is 11.9. The summed E-state index contributed by atoms with van der Waals surface area (Å²) in [4.78, 5) is 12.9. The lowest BCUT2D eigenvalue weighted by Crippen LogP contribution is -2.35. The summed E-state index contributed by atoms with van der Waals surface area (Å²) in [6, 6.07) is 15.5. The smallest absolute Gasteiger partial charge is 0.253 e. The van der Waals surface area contributed by atoms with Gasteiger partial charge < -0.3 is 29.2 Å². The largest absolute Gasteiger partial charge is 0.493 e. The third kappa shape index (κ3) is 5.54. The third-order valence-corrected chi connectivity index (χ3v) is 5.77. The van der Waals surface area contributed by atoms with Gasteiger partial charge in [0, 0.05) is 23.6 Å². The summed E-state index contributed by atoms with van der Waals surface area (Å²) in [5.74, 6) is 1.59. The Morgan fingerprint density at radius 1 is 1.03 bits per heavy atom. The minimum absolute atomic E-state index is 0.0297. The monoisotopic (exact) mass is 466 g/mol. The van der Waals surface area contributed by atoms with Crippen LogP contribution >= 0.6 is 0 Å². The second-order valence-corrected chi connectivity index (χ2v) is 8.54. The number of amides is 1. The molecular formula is C27H34N2O5. The van der Waals surface area contributed by atoms with Crippen LogP contribution in [0.25, 0.3) is 5.69 Å². The molecule has 0 radical (unpaired) electrons. The van der Waals surface area contributed by atoms with Crippen LogP contribution in [0.2, 0.25) is 0 Å². The Bertz CT molecular complexity index is 1110. The number of rotatable bonds is 10. The van der Waals surface area contributed by atoms with Gasteiger partial charge in [0.05, 0.1) is 19.8 Å². The van der Waals surface area contributed by atoms with E-state index in [1.54, 1.807) is 18.2 Å². The summed E-state index contributed by atoms with van der Waals surface area (Å²) in [5, 5.41) is 13.2. The van der Waals surface area contributed by atoms with Crippen molar-refractivity contribution in [3.05, 3.63) is 71.0 Å². The average Bonchev–Trinajstić information content (AvgIpc) is 3.14. The van der Waals surface area contributed by atoms with Crippen molar-refractivity contribution in [3.8, 4) is 22.9 Å². The highest BCUT2D eigenvalue weighted by Crippen LogP contribution is 2.36. The van der Waals surface area contributed by atoms with Crippen molar-refractivity contribution in [2.45, 2.75) is 39.7 Å². The van der Waals surface area contributed by atoms with Crippen LogP contribution < -0.4 is 19.5 Å². The van der Waals surface area contributed by atoms with Gasteiger partial charge in [-0.3, -0.25) is 4.79 Å². The molecule has 182 valence electrons. The van der Waals surface area contributed by atoms with Gasteiger partial charge in [-0.05, 0) is 55.7 Å². The van der Waals surface area contributed by atoms with Gasteiger partial charge in [0.25, 0.3) is 5.91 Å². The van der Waals surface area contributed by atoms with Crippen LogP contribution in [0, 0.1) is 13.8 Å². The summed E-state index contributed by atoms with van der Waals surface area (Å²) in [6.45, 7) is 8.24. The van der Waals surface area contributed by atoms with E-state index >= 15 is 0 Å². The molecule has 0 bridgehead atoms. The molecule has 0 saturated heterocycles. The number of para-hydroxylation sites is 1. The number of ether oxygens (including phenoxy) is 3. The number of methoxy groups -OCH3 is 2. The Balaban J connectivity index is 1.66. The number of hydrogen-bond acceptors (Lipinski definition) is 5. The number of nitrogens with zero attached hydrogens (tertiary/aromatic N) is 1. The first kappa shape index (κ1) is 25.2. The zero-order chi connectivity index (χ0) is 24.8. The molecule has 1 atom stereocenters. The number of benzene rings is 2. The number of aliphatic hydroxyl groups excluding tert-OH is 1. The molecular weight excluding hydrogens is 432 g/mol. The number of carbonyl (C=O) groups is 1. The molecule has 0 fully saturated rings. The summed E-state index contributed by atoms with van der Waals surface area (Å²) in [7, 11) is 3.07. The van der Waals surface area contributed by atoms with E-state index in [1.807, 2.05) is 32.0 Å². The predicted octanol–water partition coefficient (Wildman–Crippen LogP) is 4.40. The fourth-order valence-corrected chi connectivity index (χ4v) is 3.92. The van der Waals surface area contributed by atoms with E-state index in [4.69, 9.17) is 14.2 Å². The van der Waals surface area contributed by atoms with E-state index in [2.05, 4.69) is 35.9 Å². The van der Waals surface area contributed by atoms with Crippen LogP contribution in [0.15, 0.2) is 48.5 Å². The molecule has 34 heavy (non-hydrogen) atoms. The maximum Gasteiger partial charge on any atom is 0.253 e. The maximum absolute atomic E-state index is 12.9. The lowest BCUT2D eigenvalue weighted by Gasteiger charge is -2.17. The lowest BCUT2D eigenvalue weighted by molar-refractivity contribution is 0.0833. The Morgan fingerprint density at radius 3 is 2.29 bits per heavy atom. The molecule has 1 heterocycles. The van der Waals surface area contributed by atoms with Gasteiger partial charge in [-0.2, -0.15) is 0 Å². The van der Waals surface area contributed by atoms with Crippen molar-refractivity contribution in [2.75, 3.05) is 27.4 Å². The zero-order valence-electron chi connectivity index (χ0n) is 20.7. The first-order valence-corrected chi connectivity index (χ1v) is 11.4. The second kappa shape index (κ2) is 11.1. The molecule has 1 aromatic heterocycles. The van der Waals surface area contributed by atoms with Crippen molar-refractivity contribution in [2.24, 2.45) is 0 Å². The number of hydrogen-bond donors (Lipinski definition) is 2. The number of carbonyl (C=O) groups excluding carboxylic acids is 1. The predicted molar refractivity (Wildman–Crippen MR) is 133 cm³/mol. The van der Waals surface area contributed by atoms with Crippen molar-refractivity contribution < 1.29 is 24.1 Å². The molecule has 2 N–H and O–H groups in total. The van der Waals surface area contributed by atoms with Gasteiger partial charge in [0.15, 0.2) is 11.5 Å². The molecule has 0 saturated carbocycles. The summed E-state index contributed by atoms with van der Waals surface area (Å²) in [5.41, 5.74) is 4.66. The molecule has 0 spiro atoms. The van der Waals surface area contributed by atoms with Crippen LogP contribution in [0.3, 0.4) is 0 Å². The zero-order valence-corrected chi connectivity index (χ0v) is 20.7. The second-order valence-electron chi connectivity index (χ2n) is 8.54.